The summed E-state index contributed by atoms with van der Waals surface area (Å²) in [5.41, 5.74) is 3.42. The van der Waals surface area contributed by atoms with E-state index in [4.69, 9.17) is 4.99 Å². The van der Waals surface area contributed by atoms with E-state index >= 15 is 0 Å². The lowest BCUT2D eigenvalue weighted by atomic mass is 10.0. The van der Waals surface area contributed by atoms with Crippen molar-refractivity contribution >= 4 is 16.6 Å². The summed E-state index contributed by atoms with van der Waals surface area (Å²) >= 11 is 0. The lowest BCUT2D eigenvalue weighted by Gasteiger charge is -2.16. The minimum absolute atomic E-state index is 0.0333. The number of benzene rings is 1. The molecule has 2 rings (SSSR count). The Morgan fingerprint density at radius 2 is 2.00 bits per heavy atom. The van der Waals surface area contributed by atoms with Crippen LogP contribution in [0, 0.1) is 0 Å². The fraction of sp³-hybridized carbons (Fsp3) is 0.412. The molecule has 1 aromatic carbocycles. The first-order chi connectivity index (χ1) is 8.99. The minimum Gasteiger partial charge on any atom is -0.283 e. The van der Waals surface area contributed by atoms with Crippen LogP contribution in [0.3, 0.4) is 0 Å². The van der Waals surface area contributed by atoms with Gasteiger partial charge in [0.2, 0.25) is 0 Å². The molecule has 2 aromatic rings. The van der Waals surface area contributed by atoms with E-state index in [1.807, 2.05) is 12.3 Å². The zero-order valence-electron chi connectivity index (χ0n) is 12.3. The van der Waals surface area contributed by atoms with E-state index in [2.05, 4.69) is 56.9 Å². The van der Waals surface area contributed by atoms with E-state index in [0.29, 0.717) is 0 Å². The molecule has 100 valence electrons. The second-order valence-corrected chi connectivity index (χ2v) is 5.89. The van der Waals surface area contributed by atoms with Gasteiger partial charge in [-0.3, -0.25) is 9.98 Å². The van der Waals surface area contributed by atoms with Crippen molar-refractivity contribution < 1.29 is 0 Å². The van der Waals surface area contributed by atoms with Gasteiger partial charge in [-0.1, -0.05) is 25.5 Å². The van der Waals surface area contributed by atoms with Crippen molar-refractivity contribution in [3.8, 4) is 0 Å². The van der Waals surface area contributed by atoms with Gasteiger partial charge in [0, 0.05) is 17.3 Å². The average molecular weight is 254 g/mol. The highest BCUT2D eigenvalue weighted by Crippen LogP contribution is 2.18. The molecule has 2 heteroatoms. The topological polar surface area (TPSA) is 25.2 Å². The lowest BCUT2D eigenvalue weighted by molar-refractivity contribution is 0.581. The Labute approximate surface area is 115 Å². The van der Waals surface area contributed by atoms with Crippen LogP contribution in [0.5, 0.6) is 0 Å². The highest BCUT2D eigenvalue weighted by Gasteiger charge is 2.11. The van der Waals surface area contributed by atoms with Crippen LogP contribution in [0.15, 0.2) is 41.5 Å². The summed E-state index contributed by atoms with van der Waals surface area (Å²) in [5, 5.41) is 1.18. The number of aliphatic imine (C=N–C) groups is 1. The summed E-state index contributed by atoms with van der Waals surface area (Å²) in [5.74, 6) is 0. The smallest absolute Gasteiger partial charge is 0.0702 e. The third kappa shape index (κ3) is 3.63. The molecule has 0 saturated heterocycles. The number of hydrogen-bond acceptors (Lipinski definition) is 2. The molecule has 1 heterocycles. The third-order valence-corrected chi connectivity index (χ3v) is 2.89. The van der Waals surface area contributed by atoms with Crippen LogP contribution in [0.2, 0.25) is 0 Å². The lowest BCUT2D eigenvalue weighted by Crippen LogP contribution is -2.15. The molecule has 0 aliphatic carbocycles. The van der Waals surface area contributed by atoms with E-state index in [1.165, 1.54) is 16.7 Å². The van der Waals surface area contributed by atoms with Crippen molar-refractivity contribution in [2.75, 3.05) is 0 Å². The van der Waals surface area contributed by atoms with Crippen molar-refractivity contribution in [3.63, 3.8) is 0 Å². The van der Waals surface area contributed by atoms with Crippen LogP contribution >= 0.6 is 0 Å². The van der Waals surface area contributed by atoms with Gasteiger partial charge in [0.05, 0.1) is 11.1 Å². The molecular weight excluding hydrogens is 232 g/mol. The molecule has 0 N–H and O–H groups in total. The normalized spacial score (nSPS) is 12.9. The molecule has 0 aliphatic heterocycles. The molecule has 0 atom stereocenters. The first kappa shape index (κ1) is 13.7. The number of nitrogens with zero attached hydrogens (tertiary/aromatic N) is 2. The Kier molecular flexibility index (Phi) is 3.98. The van der Waals surface area contributed by atoms with Gasteiger partial charge in [-0.15, -0.1) is 0 Å². The van der Waals surface area contributed by atoms with Crippen LogP contribution in [0.25, 0.3) is 10.9 Å². The van der Waals surface area contributed by atoms with Crippen molar-refractivity contribution in [1.82, 2.24) is 4.98 Å². The SMILES string of the molecule is CCC/C(=N/C(C)(C)C)c1ccc2ncccc2c1. The maximum atomic E-state index is 4.87. The monoisotopic (exact) mass is 254 g/mol. The Bertz CT molecular complexity index is 591. The van der Waals surface area contributed by atoms with E-state index in [1.54, 1.807) is 0 Å². The molecule has 2 nitrogen and oxygen atoms in total. The van der Waals surface area contributed by atoms with Gasteiger partial charge in [0.1, 0.15) is 0 Å². The molecule has 0 saturated carbocycles. The Balaban J connectivity index is 2.47. The molecule has 1 aromatic heterocycles. The van der Waals surface area contributed by atoms with Crippen LogP contribution in [-0.4, -0.2) is 16.2 Å². The number of hydrogen-bond donors (Lipinski definition) is 0. The fourth-order valence-electron chi connectivity index (χ4n) is 2.16. The third-order valence-electron chi connectivity index (χ3n) is 2.89. The van der Waals surface area contributed by atoms with Crippen molar-refractivity contribution in [1.29, 1.82) is 0 Å². The van der Waals surface area contributed by atoms with E-state index in [9.17, 15) is 0 Å². The summed E-state index contributed by atoms with van der Waals surface area (Å²) in [6, 6.07) is 10.5. The number of rotatable bonds is 3. The van der Waals surface area contributed by atoms with Crippen molar-refractivity contribution in [3.05, 3.63) is 42.1 Å². The fourth-order valence-corrected chi connectivity index (χ4v) is 2.16. The van der Waals surface area contributed by atoms with Gasteiger partial charge in [-0.25, -0.2) is 0 Å². The van der Waals surface area contributed by atoms with Gasteiger partial charge in [0.15, 0.2) is 0 Å². The van der Waals surface area contributed by atoms with Gasteiger partial charge in [0.25, 0.3) is 0 Å². The Morgan fingerprint density at radius 1 is 1.21 bits per heavy atom. The summed E-state index contributed by atoms with van der Waals surface area (Å²) in [6.07, 6.45) is 3.96. The second kappa shape index (κ2) is 5.52. The van der Waals surface area contributed by atoms with Crippen LogP contribution < -0.4 is 0 Å². The molecule has 0 unspecified atom stereocenters. The summed E-state index contributed by atoms with van der Waals surface area (Å²) in [7, 11) is 0. The average Bonchev–Trinajstić information content (AvgIpc) is 2.36. The summed E-state index contributed by atoms with van der Waals surface area (Å²) in [6.45, 7) is 8.63. The molecule has 0 spiro atoms. The highest BCUT2D eigenvalue weighted by atomic mass is 14.8. The summed E-state index contributed by atoms with van der Waals surface area (Å²) < 4.78 is 0. The van der Waals surface area contributed by atoms with Crippen LogP contribution in [0.4, 0.5) is 0 Å². The minimum atomic E-state index is -0.0333. The van der Waals surface area contributed by atoms with Crippen molar-refractivity contribution in [2.24, 2.45) is 4.99 Å². The maximum absolute atomic E-state index is 4.87. The molecule has 0 fully saturated rings. The van der Waals surface area contributed by atoms with Crippen LogP contribution in [0.1, 0.15) is 46.1 Å². The standard InChI is InChI=1S/C17H22N2/c1-5-7-16(19-17(2,3)4)14-9-10-15-13(12-14)8-6-11-18-15/h6,8-12H,5,7H2,1-4H3/b19-16-. The van der Waals surface area contributed by atoms with Gasteiger partial charge in [-0.2, -0.15) is 0 Å². The zero-order chi connectivity index (χ0) is 13.9. The predicted octanol–water partition coefficient (Wildman–Crippen LogP) is 4.62. The summed E-state index contributed by atoms with van der Waals surface area (Å²) in [4.78, 5) is 9.23. The van der Waals surface area contributed by atoms with Gasteiger partial charge in [-0.05, 0) is 51.0 Å². The van der Waals surface area contributed by atoms with Gasteiger partial charge >= 0.3 is 0 Å². The quantitative estimate of drug-likeness (QED) is 0.733. The zero-order valence-corrected chi connectivity index (χ0v) is 12.3. The Hall–Kier alpha value is -1.70. The number of pyridine rings is 1. The number of fused-ring (bicyclic) bond motifs is 1. The molecular formula is C17H22N2. The predicted molar refractivity (Wildman–Crippen MR) is 82.9 cm³/mol. The first-order valence-corrected chi connectivity index (χ1v) is 6.93. The molecule has 0 amide bonds. The maximum Gasteiger partial charge on any atom is 0.0702 e. The van der Waals surface area contributed by atoms with E-state index in [-0.39, 0.29) is 5.54 Å². The van der Waals surface area contributed by atoms with Gasteiger partial charge < -0.3 is 0 Å². The van der Waals surface area contributed by atoms with Crippen molar-refractivity contribution in [2.45, 2.75) is 46.1 Å². The molecule has 0 bridgehead atoms. The van der Waals surface area contributed by atoms with Crippen LogP contribution in [-0.2, 0) is 0 Å². The largest absolute Gasteiger partial charge is 0.283 e. The van der Waals surface area contributed by atoms with E-state index < -0.39 is 0 Å². The molecule has 0 aliphatic rings. The molecule has 0 radical (unpaired) electrons. The number of aromatic nitrogens is 1. The second-order valence-electron chi connectivity index (χ2n) is 5.89. The molecule has 19 heavy (non-hydrogen) atoms. The van der Waals surface area contributed by atoms with E-state index in [0.717, 1.165) is 18.4 Å². The Morgan fingerprint density at radius 3 is 2.68 bits per heavy atom. The first-order valence-electron chi connectivity index (χ1n) is 6.93. The highest BCUT2D eigenvalue weighted by molar-refractivity contribution is 6.03.